The number of amides is 1. The first-order chi connectivity index (χ1) is 16.4. The van der Waals surface area contributed by atoms with Crippen LogP contribution in [0.2, 0.25) is 0 Å². The van der Waals surface area contributed by atoms with Crippen LogP contribution < -0.4 is 10.6 Å². The molecule has 0 atom stereocenters. The van der Waals surface area contributed by atoms with E-state index in [9.17, 15) is 13.2 Å². The summed E-state index contributed by atoms with van der Waals surface area (Å²) in [6.45, 7) is 6.55. The average molecular weight is 496 g/mol. The van der Waals surface area contributed by atoms with Gasteiger partial charge in [0.05, 0.1) is 16.3 Å². The van der Waals surface area contributed by atoms with Gasteiger partial charge < -0.3 is 15.5 Å². The van der Waals surface area contributed by atoms with E-state index in [0.717, 1.165) is 16.9 Å². The highest BCUT2D eigenvalue weighted by molar-refractivity contribution is 7.91. The highest BCUT2D eigenvalue weighted by Crippen LogP contribution is 2.24. The van der Waals surface area contributed by atoms with Crippen LogP contribution in [0, 0.1) is 5.41 Å². The summed E-state index contributed by atoms with van der Waals surface area (Å²) in [5.41, 5.74) is 2.95. The molecular formula is C26H33N5O3S. The summed E-state index contributed by atoms with van der Waals surface area (Å²) in [5.74, 6) is 0.445. The van der Waals surface area contributed by atoms with E-state index in [1.165, 1.54) is 0 Å². The number of carbonyl (C=O) groups is 1. The lowest BCUT2D eigenvalue weighted by Gasteiger charge is -2.17. The van der Waals surface area contributed by atoms with Crippen molar-refractivity contribution in [1.29, 1.82) is 0 Å². The predicted octanol–water partition coefficient (Wildman–Crippen LogP) is 4.60. The zero-order valence-electron chi connectivity index (χ0n) is 20.9. The molecule has 1 heterocycles. The first-order valence-electron chi connectivity index (χ1n) is 11.4. The molecule has 1 aromatic heterocycles. The molecule has 0 fully saturated rings. The highest BCUT2D eigenvalue weighted by Gasteiger charge is 2.16. The maximum atomic E-state index is 12.5. The summed E-state index contributed by atoms with van der Waals surface area (Å²) in [4.78, 5) is 23.1. The van der Waals surface area contributed by atoms with Crippen molar-refractivity contribution in [1.82, 2.24) is 14.9 Å². The van der Waals surface area contributed by atoms with Gasteiger partial charge >= 0.3 is 0 Å². The minimum absolute atomic E-state index is 0.0182. The molecule has 0 aliphatic rings. The molecule has 1 amide bonds. The zero-order chi connectivity index (χ0) is 25.6. The molecule has 0 unspecified atom stereocenters. The van der Waals surface area contributed by atoms with Gasteiger partial charge in [0.1, 0.15) is 0 Å². The Bertz CT molecular complexity index is 1250. The van der Waals surface area contributed by atoms with Crippen LogP contribution in [-0.4, -0.2) is 55.6 Å². The molecule has 2 aromatic carbocycles. The van der Waals surface area contributed by atoms with Crippen LogP contribution in [-0.2, 0) is 14.6 Å². The smallest absolute Gasteiger partial charge is 0.227 e. The fourth-order valence-electron chi connectivity index (χ4n) is 3.29. The van der Waals surface area contributed by atoms with Gasteiger partial charge in [-0.05, 0) is 62.0 Å². The van der Waals surface area contributed by atoms with Gasteiger partial charge in [0.25, 0.3) is 0 Å². The number of nitrogens with zero attached hydrogens (tertiary/aromatic N) is 3. The Kier molecular flexibility index (Phi) is 8.24. The number of hydrogen-bond donors (Lipinski definition) is 2. The molecule has 35 heavy (non-hydrogen) atoms. The van der Waals surface area contributed by atoms with Crippen molar-refractivity contribution >= 4 is 33.1 Å². The highest BCUT2D eigenvalue weighted by atomic mass is 32.2. The maximum absolute atomic E-state index is 12.5. The lowest BCUT2D eigenvalue weighted by molar-refractivity contribution is -0.117. The molecule has 0 aliphatic heterocycles. The first-order valence-corrected chi connectivity index (χ1v) is 13.0. The second-order valence-corrected chi connectivity index (χ2v) is 12.0. The van der Waals surface area contributed by atoms with Gasteiger partial charge in [-0.1, -0.05) is 32.9 Å². The van der Waals surface area contributed by atoms with Gasteiger partial charge in [-0.2, -0.15) is 0 Å². The second-order valence-electron chi connectivity index (χ2n) is 9.90. The number of nitrogens with one attached hydrogen (secondary N) is 2. The second kappa shape index (κ2) is 11.0. The molecule has 8 nitrogen and oxygen atoms in total. The SMILES string of the molecule is CN(C)CCS(=O)(=O)c1ccc(Nc2nccc(-c3ccc(NC(=O)CC(C)(C)C)cc3)n2)cc1. The molecular weight excluding hydrogens is 462 g/mol. The third kappa shape index (κ3) is 8.15. The van der Waals surface area contributed by atoms with E-state index >= 15 is 0 Å². The molecule has 3 aromatic rings. The van der Waals surface area contributed by atoms with E-state index < -0.39 is 9.84 Å². The van der Waals surface area contributed by atoms with Crippen molar-refractivity contribution < 1.29 is 13.2 Å². The Morgan fingerprint density at radius 1 is 0.943 bits per heavy atom. The van der Waals surface area contributed by atoms with E-state index in [4.69, 9.17) is 0 Å². The number of carbonyl (C=O) groups excluding carboxylic acids is 1. The number of rotatable bonds is 9. The molecule has 0 radical (unpaired) electrons. The Morgan fingerprint density at radius 2 is 1.57 bits per heavy atom. The summed E-state index contributed by atoms with van der Waals surface area (Å²) in [6, 6.07) is 15.9. The van der Waals surface area contributed by atoms with Gasteiger partial charge in [0, 0.05) is 36.1 Å². The summed E-state index contributed by atoms with van der Waals surface area (Å²) >= 11 is 0. The summed E-state index contributed by atoms with van der Waals surface area (Å²) in [7, 11) is 0.353. The molecule has 2 N–H and O–H groups in total. The number of benzene rings is 2. The molecule has 0 spiro atoms. The number of aromatic nitrogens is 2. The van der Waals surface area contributed by atoms with Crippen LogP contribution in [0.4, 0.5) is 17.3 Å². The Labute approximate surface area is 207 Å². The van der Waals surface area contributed by atoms with Crippen molar-refractivity contribution in [3.05, 3.63) is 60.8 Å². The van der Waals surface area contributed by atoms with Crippen LogP contribution in [0.1, 0.15) is 27.2 Å². The quantitative estimate of drug-likeness (QED) is 0.447. The topological polar surface area (TPSA) is 104 Å². The lowest BCUT2D eigenvalue weighted by Crippen LogP contribution is -2.21. The maximum Gasteiger partial charge on any atom is 0.227 e. The molecule has 9 heteroatoms. The van der Waals surface area contributed by atoms with Gasteiger partial charge in [0.15, 0.2) is 9.84 Å². The third-order valence-electron chi connectivity index (χ3n) is 5.09. The fourth-order valence-corrected chi connectivity index (χ4v) is 4.68. The van der Waals surface area contributed by atoms with Crippen LogP contribution >= 0.6 is 0 Å². The van der Waals surface area contributed by atoms with Crippen LogP contribution in [0.3, 0.4) is 0 Å². The van der Waals surface area contributed by atoms with Crippen molar-refractivity contribution in [3.8, 4) is 11.3 Å². The molecule has 0 bridgehead atoms. The van der Waals surface area contributed by atoms with Gasteiger partial charge in [-0.15, -0.1) is 0 Å². The summed E-state index contributed by atoms with van der Waals surface area (Å²) in [6.07, 6.45) is 2.10. The van der Waals surface area contributed by atoms with Crippen molar-refractivity contribution in [2.24, 2.45) is 5.41 Å². The molecule has 186 valence electrons. The van der Waals surface area contributed by atoms with Crippen LogP contribution in [0.15, 0.2) is 65.7 Å². The van der Waals surface area contributed by atoms with E-state index in [1.54, 1.807) is 36.5 Å². The van der Waals surface area contributed by atoms with Crippen LogP contribution in [0.25, 0.3) is 11.3 Å². The Hall–Kier alpha value is -3.30. The third-order valence-corrected chi connectivity index (χ3v) is 6.80. The molecule has 0 saturated heterocycles. The number of hydrogen-bond acceptors (Lipinski definition) is 7. The first kappa shape index (κ1) is 26.3. The molecule has 0 aliphatic carbocycles. The van der Waals surface area contributed by atoms with Crippen molar-refractivity contribution in [2.45, 2.75) is 32.1 Å². The summed E-state index contributed by atoms with van der Waals surface area (Å²) in [5, 5.41) is 6.04. The van der Waals surface area contributed by atoms with Gasteiger partial charge in [-0.3, -0.25) is 4.79 Å². The van der Waals surface area contributed by atoms with E-state index in [1.807, 2.05) is 64.0 Å². The largest absolute Gasteiger partial charge is 0.326 e. The Morgan fingerprint density at radius 3 is 2.17 bits per heavy atom. The minimum atomic E-state index is -3.34. The van der Waals surface area contributed by atoms with Crippen molar-refractivity contribution in [3.63, 3.8) is 0 Å². The number of anilines is 3. The summed E-state index contributed by atoms with van der Waals surface area (Å²) < 4.78 is 24.9. The molecule has 0 saturated carbocycles. The Balaban J connectivity index is 1.67. The normalized spacial score (nSPS) is 11.9. The van der Waals surface area contributed by atoms with Crippen molar-refractivity contribution in [2.75, 3.05) is 37.0 Å². The monoisotopic (exact) mass is 495 g/mol. The van der Waals surface area contributed by atoms with E-state index in [2.05, 4.69) is 20.6 Å². The average Bonchev–Trinajstić information content (AvgIpc) is 2.78. The number of sulfone groups is 1. The lowest BCUT2D eigenvalue weighted by atomic mass is 9.92. The van der Waals surface area contributed by atoms with E-state index in [-0.39, 0.29) is 22.0 Å². The molecule has 3 rings (SSSR count). The standard InChI is InChI=1S/C26H33N5O3S/c1-26(2,3)18-24(32)28-20-8-6-19(7-9-20)23-14-15-27-25(30-23)29-21-10-12-22(13-11-21)35(33,34)17-16-31(4)5/h6-15H,16-18H2,1-5H3,(H,28,32)(H,27,29,30). The zero-order valence-corrected chi connectivity index (χ0v) is 21.7. The van der Waals surface area contributed by atoms with Gasteiger partial charge in [-0.25, -0.2) is 18.4 Å². The minimum Gasteiger partial charge on any atom is -0.326 e. The van der Waals surface area contributed by atoms with E-state index in [0.29, 0.717) is 24.6 Å². The van der Waals surface area contributed by atoms with Gasteiger partial charge in [0.2, 0.25) is 11.9 Å². The predicted molar refractivity (Wildman–Crippen MR) is 141 cm³/mol. The fraction of sp³-hybridized carbons (Fsp3) is 0.346. The van der Waals surface area contributed by atoms with Crippen LogP contribution in [0.5, 0.6) is 0 Å².